The lowest BCUT2D eigenvalue weighted by molar-refractivity contribution is 0.282. The Kier molecular flexibility index (Phi) is 6.87. The van der Waals surface area contributed by atoms with Gasteiger partial charge in [-0.1, -0.05) is 0 Å². The number of aliphatic hydroxyl groups is 1. The van der Waals surface area contributed by atoms with Crippen LogP contribution in [0.2, 0.25) is 0 Å². The SMILES string of the molecule is O=c1cc(CCl)c2cc(Br)c(O)cc2o1.O=c1cc(CO)c2cc(Br)c(O)cc2o1. The minimum Gasteiger partial charge on any atom is -0.507 e. The van der Waals surface area contributed by atoms with E-state index in [1.165, 1.54) is 24.3 Å². The van der Waals surface area contributed by atoms with Gasteiger partial charge in [-0.3, -0.25) is 0 Å². The van der Waals surface area contributed by atoms with Crippen LogP contribution in [-0.4, -0.2) is 15.3 Å². The lowest BCUT2D eigenvalue weighted by atomic mass is 10.1. The van der Waals surface area contributed by atoms with E-state index in [-0.39, 0.29) is 29.6 Å². The molecule has 2 aromatic carbocycles. The molecule has 0 fully saturated rings. The van der Waals surface area contributed by atoms with E-state index in [2.05, 4.69) is 31.9 Å². The largest absolute Gasteiger partial charge is 0.507 e. The summed E-state index contributed by atoms with van der Waals surface area (Å²) in [5.74, 6) is 0.234. The second kappa shape index (κ2) is 9.22. The summed E-state index contributed by atoms with van der Waals surface area (Å²) in [6.45, 7) is -0.251. The maximum absolute atomic E-state index is 11.1. The van der Waals surface area contributed by atoms with E-state index >= 15 is 0 Å². The molecule has 10 heteroatoms. The number of aliphatic hydroxyl groups excluding tert-OH is 1. The Morgan fingerprint density at radius 3 is 1.63 bits per heavy atom. The molecule has 4 aromatic rings. The van der Waals surface area contributed by atoms with Gasteiger partial charge in [0.2, 0.25) is 0 Å². The van der Waals surface area contributed by atoms with Gasteiger partial charge < -0.3 is 24.2 Å². The summed E-state index contributed by atoms with van der Waals surface area (Å²) < 4.78 is 10.9. The Labute approximate surface area is 190 Å². The van der Waals surface area contributed by atoms with Crippen LogP contribution in [0, 0.1) is 0 Å². The number of alkyl halides is 1. The zero-order chi connectivity index (χ0) is 22.0. The summed E-state index contributed by atoms with van der Waals surface area (Å²) in [6.07, 6.45) is 0. The fourth-order valence-corrected chi connectivity index (χ4v) is 3.62. The predicted octanol–water partition coefficient (Wildman–Crippen LogP) is 4.75. The van der Waals surface area contributed by atoms with Gasteiger partial charge in [-0.05, 0) is 55.1 Å². The molecule has 0 aliphatic carbocycles. The van der Waals surface area contributed by atoms with Gasteiger partial charge in [-0.15, -0.1) is 11.6 Å². The highest BCUT2D eigenvalue weighted by molar-refractivity contribution is 9.10. The zero-order valence-corrected chi connectivity index (χ0v) is 18.9. The van der Waals surface area contributed by atoms with Crippen molar-refractivity contribution in [2.45, 2.75) is 12.5 Å². The molecule has 0 amide bonds. The van der Waals surface area contributed by atoms with E-state index in [1.807, 2.05) is 0 Å². The van der Waals surface area contributed by atoms with Gasteiger partial charge in [-0.25, -0.2) is 9.59 Å². The van der Waals surface area contributed by atoms with Crippen molar-refractivity contribution in [1.82, 2.24) is 0 Å². The molecule has 0 radical (unpaired) electrons. The van der Waals surface area contributed by atoms with Crippen molar-refractivity contribution in [3.8, 4) is 11.5 Å². The summed E-state index contributed by atoms with van der Waals surface area (Å²) in [6, 6.07) is 8.56. The molecule has 3 N–H and O–H groups in total. The third-order valence-electron chi connectivity index (χ3n) is 4.11. The number of rotatable bonds is 2. The highest BCUT2D eigenvalue weighted by Crippen LogP contribution is 2.31. The molecule has 0 saturated carbocycles. The molecule has 0 spiro atoms. The number of halogens is 3. The number of fused-ring (bicyclic) bond motifs is 2. The first-order chi connectivity index (χ1) is 14.2. The maximum atomic E-state index is 11.1. The lowest BCUT2D eigenvalue weighted by Gasteiger charge is -2.03. The minimum absolute atomic E-state index is 0.0132. The van der Waals surface area contributed by atoms with Crippen LogP contribution in [-0.2, 0) is 12.5 Å². The van der Waals surface area contributed by atoms with E-state index in [9.17, 15) is 19.8 Å². The number of hydrogen-bond acceptors (Lipinski definition) is 7. The van der Waals surface area contributed by atoms with Crippen LogP contribution in [0.1, 0.15) is 11.1 Å². The maximum Gasteiger partial charge on any atom is 0.336 e. The van der Waals surface area contributed by atoms with Gasteiger partial charge >= 0.3 is 11.3 Å². The Morgan fingerprint density at radius 2 is 1.20 bits per heavy atom. The Hall–Kier alpha value is -2.33. The molecule has 156 valence electrons. The highest BCUT2D eigenvalue weighted by Gasteiger charge is 2.09. The van der Waals surface area contributed by atoms with Crippen molar-refractivity contribution in [3.05, 3.63) is 77.3 Å². The fraction of sp³-hybridized carbons (Fsp3) is 0.100. The number of aromatic hydroxyl groups is 2. The van der Waals surface area contributed by atoms with Crippen LogP contribution in [0.25, 0.3) is 21.9 Å². The molecule has 0 aliphatic rings. The molecule has 0 saturated heterocycles. The molecular weight excluding hydrogens is 547 g/mol. The summed E-state index contributed by atoms with van der Waals surface area (Å²) in [5, 5.41) is 29.2. The quantitative estimate of drug-likeness (QED) is 0.239. The Morgan fingerprint density at radius 1 is 0.767 bits per heavy atom. The van der Waals surface area contributed by atoms with E-state index in [0.29, 0.717) is 36.4 Å². The van der Waals surface area contributed by atoms with Crippen molar-refractivity contribution in [3.63, 3.8) is 0 Å². The standard InChI is InChI=1S/C10H6BrClO3.C10H7BrO4/c2*11-7-2-6-5(4-12)1-10(14)15-9(6)3-8(7)13/h1-3,13H,4H2;1-3,12-13H,4H2. The smallest absolute Gasteiger partial charge is 0.336 e. The highest BCUT2D eigenvalue weighted by atomic mass is 79.9. The molecule has 0 unspecified atom stereocenters. The molecule has 2 aromatic heterocycles. The molecule has 30 heavy (non-hydrogen) atoms. The van der Waals surface area contributed by atoms with Gasteiger partial charge in [0.25, 0.3) is 0 Å². The van der Waals surface area contributed by atoms with Gasteiger partial charge in [-0.2, -0.15) is 0 Å². The van der Waals surface area contributed by atoms with Crippen molar-refractivity contribution >= 4 is 65.4 Å². The van der Waals surface area contributed by atoms with Crippen molar-refractivity contribution in [2.75, 3.05) is 0 Å². The summed E-state index contributed by atoms with van der Waals surface area (Å²) in [5.41, 5.74) is 0.727. The van der Waals surface area contributed by atoms with Crippen LogP contribution in [0.3, 0.4) is 0 Å². The minimum atomic E-state index is -0.548. The zero-order valence-electron chi connectivity index (χ0n) is 15.0. The molecule has 7 nitrogen and oxygen atoms in total. The average molecular weight is 561 g/mol. The summed E-state index contributed by atoms with van der Waals surface area (Å²) in [4.78, 5) is 22.2. The molecule has 4 rings (SSSR count). The first kappa shape index (κ1) is 22.4. The topological polar surface area (TPSA) is 121 Å². The van der Waals surface area contributed by atoms with Gasteiger partial charge in [0.1, 0.15) is 22.7 Å². The lowest BCUT2D eigenvalue weighted by Crippen LogP contribution is -2.00. The monoisotopic (exact) mass is 558 g/mol. The summed E-state index contributed by atoms with van der Waals surface area (Å²) in [7, 11) is 0. The van der Waals surface area contributed by atoms with E-state index in [4.69, 9.17) is 25.5 Å². The Balaban J connectivity index is 0.000000171. The first-order valence-electron chi connectivity index (χ1n) is 8.30. The number of phenolic OH excluding ortho intramolecular Hbond substituents is 2. The molecule has 0 atom stereocenters. The number of hydrogen-bond donors (Lipinski definition) is 3. The third-order valence-corrected chi connectivity index (χ3v) is 5.67. The van der Waals surface area contributed by atoms with Gasteiger partial charge in [0, 0.05) is 40.9 Å². The van der Waals surface area contributed by atoms with Gasteiger partial charge in [0.15, 0.2) is 0 Å². The van der Waals surface area contributed by atoms with Crippen molar-refractivity contribution < 1.29 is 24.2 Å². The summed E-state index contributed by atoms with van der Waals surface area (Å²) >= 11 is 12.0. The van der Waals surface area contributed by atoms with Crippen LogP contribution in [0.4, 0.5) is 0 Å². The molecule has 0 aliphatic heterocycles. The van der Waals surface area contributed by atoms with E-state index < -0.39 is 11.3 Å². The van der Waals surface area contributed by atoms with Crippen LogP contribution < -0.4 is 11.3 Å². The number of benzene rings is 2. The van der Waals surface area contributed by atoms with E-state index in [0.717, 1.165) is 0 Å². The number of phenols is 2. The van der Waals surface area contributed by atoms with Crippen LogP contribution in [0.15, 0.2) is 63.8 Å². The first-order valence-corrected chi connectivity index (χ1v) is 10.4. The second-order valence-corrected chi connectivity index (χ2v) is 8.05. The molecule has 0 bridgehead atoms. The van der Waals surface area contributed by atoms with Crippen LogP contribution >= 0.6 is 43.5 Å². The van der Waals surface area contributed by atoms with Crippen LogP contribution in [0.5, 0.6) is 11.5 Å². The van der Waals surface area contributed by atoms with Gasteiger partial charge in [0.05, 0.1) is 15.6 Å². The molecular formula is C20H13Br2ClO7. The normalized spacial score (nSPS) is 10.8. The average Bonchev–Trinajstić information content (AvgIpc) is 2.70. The Bertz CT molecular complexity index is 1260. The second-order valence-electron chi connectivity index (χ2n) is 6.07. The van der Waals surface area contributed by atoms with Crippen molar-refractivity contribution in [2.24, 2.45) is 0 Å². The molecule has 2 heterocycles. The predicted molar refractivity (Wildman–Crippen MR) is 119 cm³/mol. The van der Waals surface area contributed by atoms with E-state index in [1.54, 1.807) is 12.1 Å². The fourth-order valence-electron chi connectivity index (χ4n) is 2.71. The third kappa shape index (κ3) is 4.70. The van der Waals surface area contributed by atoms with Crippen molar-refractivity contribution in [1.29, 1.82) is 0 Å².